The molecule has 3 heteroatoms. The molecule has 3 N–H and O–H groups in total. The molecule has 0 heterocycles. The number of aryl methyl sites for hydroxylation is 1. The molecule has 0 spiro atoms. The molecule has 66 valence electrons. The molecule has 0 bridgehead atoms. The molecule has 0 aliphatic carbocycles. The number of hydrogen-bond donors (Lipinski definition) is 2. The minimum Gasteiger partial charge on any atom is -0.387 e. The number of rotatable bonds is 2. The Labute approximate surface area is 70.8 Å². The second-order valence-corrected chi connectivity index (χ2v) is 2.81. The average molecular weight is 169 g/mol. The Bertz CT molecular complexity index is 255. The Morgan fingerprint density at radius 3 is 2.67 bits per heavy atom. The molecule has 0 saturated heterocycles. The first kappa shape index (κ1) is 9.16. The zero-order valence-electron chi connectivity index (χ0n) is 6.92. The lowest BCUT2D eigenvalue weighted by molar-refractivity contribution is 0.186. The maximum Gasteiger partial charge on any atom is 0.123 e. The van der Waals surface area contributed by atoms with Crippen molar-refractivity contribution in [1.29, 1.82) is 0 Å². The molecule has 1 aromatic carbocycles. The van der Waals surface area contributed by atoms with Crippen LogP contribution in [0.1, 0.15) is 17.2 Å². The first-order valence-electron chi connectivity index (χ1n) is 3.78. The number of aliphatic hydroxyl groups excluding tert-OH is 1. The fraction of sp³-hybridized carbons (Fsp3) is 0.333. The van der Waals surface area contributed by atoms with Gasteiger partial charge in [0.05, 0.1) is 6.10 Å². The smallest absolute Gasteiger partial charge is 0.123 e. The van der Waals surface area contributed by atoms with Crippen molar-refractivity contribution in [3.63, 3.8) is 0 Å². The van der Waals surface area contributed by atoms with Crippen molar-refractivity contribution in [2.24, 2.45) is 5.73 Å². The van der Waals surface area contributed by atoms with E-state index < -0.39 is 6.10 Å². The maximum absolute atomic E-state index is 12.8. The molecule has 0 fully saturated rings. The zero-order chi connectivity index (χ0) is 9.14. The molecule has 0 saturated carbocycles. The van der Waals surface area contributed by atoms with Crippen LogP contribution >= 0.6 is 0 Å². The van der Waals surface area contributed by atoms with Gasteiger partial charge in [-0.25, -0.2) is 4.39 Å². The summed E-state index contributed by atoms with van der Waals surface area (Å²) in [5.41, 5.74) is 6.56. The third-order valence-electron chi connectivity index (χ3n) is 1.67. The molecule has 0 aliphatic rings. The summed E-state index contributed by atoms with van der Waals surface area (Å²) in [5.74, 6) is -0.336. The highest BCUT2D eigenvalue weighted by molar-refractivity contribution is 5.25. The minimum absolute atomic E-state index is 0.114. The van der Waals surface area contributed by atoms with Crippen LogP contribution in [0.4, 0.5) is 4.39 Å². The Morgan fingerprint density at radius 2 is 2.17 bits per heavy atom. The van der Waals surface area contributed by atoms with E-state index in [1.54, 1.807) is 13.0 Å². The second kappa shape index (κ2) is 3.65. The van der Waals surface area contributed by atoms with Crippen molar-refractivity contribution in [2.75, 3.05) is 6.54 Å². The van der Waals surface area contributed by atoms with Gasteiger partial charge in [-0.05, 0) is 30.2 Å². The zero-order valence-corrected chi connectivity index (χ0v) is 6.92. The van der Waals surface area contributed by atoms with Crippen LogP contribution in [0.25, 0.3) is 0 Å². The van der Waals surface area contributed by atoms with Crippen LogP contribution in [-0.4, -0.2) is 11.7 Å². The van der Waals surface area contributed by atoms with Gasteiger partial charge in [0, 0.05) is 6.54 Å². The summed E-state index contributed by atoms with van der Waals surface area (Å²) in [5, 5.41) is 9.29. The Morgan fingerprint density at radius 1 is 1.50 bits per heavy atom. The van der Waals surface area contributed by atoms with Crippen LogP contribution in [-0.2, 0) is 0 Å². The normalized spacial score (nSPS) is 13.0. The third kappa shape index (κ3) is 2.03. The van der Waals surface area contributed by atoms with Crippen molar-refractivity contribution in [1.82, 2.24) is 0 Å². The number of halogens is 1. The first-order valence-corrected chi connectivity index (χ1v) is 3.78. The van der Waals surface area contributed by atoms with E-state index in [9.17, 15) is 9.50 Å². The molecule has 1 atom stereocenters. The number of hydrogen-bond acceptors (Lipinski definition) is 2. The van der Waals surface area contributed by atoms with E-state index in [-0.39, 0.29) is 12.4 Å². The van der Waals surface area contributed by atoms with Gasteiger partial charge in [0.1, 0.15) is 5.82 Å². The molecular weight excluding hydrogens is 157 g/mol. The fourth-order valence-electron chi connectivity index (χ4n) is 1.09. The van der Waals surface area contributed by atoms with Gasteiger partial charge in [0.25, 0.3) is 0 Å². The quantitative estimate of drug-likeness (QED) is 0.697. The van der Waals surface area contributed by atoms with Crippen molar-refractivity contribution in [3.8, 4) is 0 Å². The Hall–Kier alpha value is -0.930. The van der Waals surface area contributed by atoms with Crippen LogP contribution in [0.3, 0.4) is 0 Å². The highest BCUT2D eigenvalue weighted by Gasteiger charge is 2.06. The van der Waals surface area contributed by atoms with E-state index >= 15 is 0 Å². The average Bonchev–Trinajstić information content (AvgIpc) is 2.01. The monoisotopic (exact) mass is 169 g/mol. The van der Waals surface area contributed by atoms with Gasteiger partial charge >= 0.3 is 0 Å². The summed E-state index contributed by atoms with van der Waals surface area (Å²) in [4.78, 5) is 0. The Balaban J connectivity index is 3.00. The molecule has 2 nitrogen and oxygen atoms in total. The topological polar surface area (TPSA) is 46.2 Å². The second-order valence-electron chi connectivity index (χ2n) is 2.81. The minimum atomic E-state index is -0.764. The lowest BCUT2D eigenvalue weighted by Gasteiger charge is -2.08. The number of nitrogens with two attached hydrogens (primary N) is 1. The van der Waals surface area contributed by atoms with Crippen LogP contribution in [0.2, 0.25) is 0 Å². The predicted octanol–water partition coefficient (Wildman–Crippen LogP) is 1.13. The lowest BCUT2D eigenvalue weighted by Crippen LogP contribution is -2.11. The standard InChI is InChI=1S/C9H12FNO/c1-6-2-7(9(12)5-11)4-8(10)3-6/h2-4,9,12H,5,11H2,1H3/t9-/m0/s1. The third-order valence-corrected chi connectivity index (χ3v) is 1.67. The molecule has 0 aliphatic heterocycles. The lowest BCUT2D eigenvalue weighted by atomic mass is 10.1. The van der Waals surface area contributed by atoms with Crippen molar-refractivity contribution in [3.05, 3.63) is 35.1 Å². The molecule has 0 amide bonds. The largest absolute Gasteiger partial charge is 0.387 e. The summed E-state index contributed by atoms with van der Waals surface area (Å²) in [7, 11) is 0. The molecule has 0 unspecified atom stereocenters. The van der Waals surface area contributed by atoms with Gasteiger partial charge in [0.15, 0.2) is 0 Å². The van der Waals surface area contributed by atoms with E-state index in [0.29, 0.717) is 5.56 Å². The van der Waals surface area contributed by atoms with Gasteiger partial charge in [0.2, 0.25) is 0 Å². The summed E-state index contributed by atoms with van der Waals surface area (Å²) in [6.45, 7) is 1.89. The van der Waals surface area contributed by atoms with Gasteiger partial charge in [-0.1, -0.05) is 6.07 Å². The van der Waals surface area contributed by atoms with E-state index in [1.807, 2.05) is 0 Å². The molecule has 12 heavy (non-hydrogen) atoms. The van der Waals surface area contributed by atoms with Crippen molar-refractivity contribution < 1.29 is 9.50 Å². The van der Waals surface area contributed by atoms with Gasteiger partial charge in [-0.15, -0.1) is 0 Å². The molecule has 0 aromatic heterocycles. The SMILES string of the molecule is Cc1cc(F)cc([C@@H](O)CN)c1. The predicted molar refractivity (Wildman–Crippen MR) is 45.2 cm³/mol. The maximum atomic E-state index is 12.8. The summed E-state index contributed by atoms with van der Waals surface area (Å²) in [6, 6.07) is 4.43. The highest BCUT2D eigenvalue weighted by atomic mass is 19.1. The van der Waals surface area contributed by atoms with Gasteiger partial charge in [-0.3, -0.25) is 0 Å². The van der Waals surface area contributed by atoms with E-state index in [0.717, 1.165) is 5.56 Å². The number of aliphatic hydroxyl groups is 1. The molecule has 1 aromatic rings. The molecular formula is C9H12FNO. The van der Waals surface area contributed by atoms with Crippen LogP contribution in [0, 0.1) is 12.7 Å². The van der Waals surface area contributed by atoms with E-state index in [4.69, 9.17) is 5.73 Å². The molecule has 0 radical (unpaired) electrons. The summed E-state index contributed by atoms with van der Waals surface area (Å²) < 4.78 is 12.8. The number of benzene rings is 1. The molecule has 1 rings (SSSR count). The van der Waals surface area contributed by atoms with Crippen LogP contribution < -0.4 is 5.73 Å². The fourth-order valence-corrected chi connectivity index (χ4v) is 1.09. The van der Waals surface area contributed by atoms with Crippen molar-refractivity contribution in [2.45, 2.75) is 13.0 Å². The van der Waals surface area contributed by atoms with Crippen LogP contribution in [0.15, 0.2) is 18.2 Å². The summed E-state index contributed by atoms with van der Waals surface area (Å²) >= 11 is 0. The van der Waals surface area contributed by atoms with Crippen LogP contribution in [0.5, 0.6) is 0 Å². The van der Waals surface area contributed by atoms with Gasteiger partial charge in [-0.2, -0.15) is 0 Å². The Kier molecular flexibility index (Phi) is 2.78. The first-order chi connectivity index (χ1) is 5.63. The highest BCUT2D eigenvalue weighted by Crippen LogP contribution is 2.15. The van der Waals surface area contributed by atoms with Crippen molar-refractivity contribution >= 4 is 0 Å². The van der Waals surface area contributed by atoms with E-state index in [1.165, 1.54) is 12.1 Å². The summed E-state index contributed by atoms with van der Waals surface area (Å²) in [6.07, 6.45) is -0.764. The van der Waals surface area contributed by atoms with Gasteiger partial charge < -0.3 is 10.8 Å². The van der Waals surface area contributed by atoms with E-state index in [2.05, 4.69) is 0 Å².